The summed E-state index contributed by atoms with van der Waals surface area (Å²) in [6.07, 6.45) is 0. The Balaban J connectivity index is 0.000000106. The van der Waals surface area contributed by atoms with Gasteiger partial charge in [0.1, 0.15) is 0 Å². The minimum Gasteiger partial charge on any atom is -0.309 e. The third-order valence-corrected chi connectivity index (χ3v) is 32.7. The smallest absolute Gasteiger partial charge is 0.164 e. The lowest BCUT2D eigenvalue weighted by Gasteiger charge is -2.12. The molecule has 0 saturated carbocycles. The molecule has 700 valence electrons. The van der Waals surface area contributed by atoms with Gasteiger partial charge in [-0.1, -0.05) is 394 Å². The SMILES string of the molecule is c1ccc(-c2cc(-c3ccccc3)nc(-c3ccc(-n4c5ccccc5c5c6ccccc6c6sc7ccccc7c6c54)cc3)n2)cc1.c1ccc(-c2nc(-c3ccccc3)nc(-c3ccc(-c4ccc5c(c4)c4c6ccccc6c6sc7ccccc7c6c4n5-c4ccccc4)cc3)n2)cc1.c1ccc(-c2nc(-c3ccccc3)nc(-c3ccc(-n4c5ccccc5c5c6ccccc6c6sc7ccccc7c6c54)cc3)n2)cc1. The Kier molecular flexibility index (Phi) is 21.3. The van der Waals surface area contributed by atoms with Crippen LogP contribution in [0.25, 0.3) is 289 Å². The van der Waals surface area contributed by atoms with E-state index >= 15 is 0 Å². The van der Waals surface area contributed by atoms with E-state index in [0.29, 0.717) is 40.8 Å². The fourth-order valence-electron chi connectivity index (χ4n) is 22.3. The molecule has 0 radical (unpaired) electrons. The number of benzene rings is 22. The van der Waals surface area contributed by atoms with Gasteiger partial charge in [0.25, 0.3) is 0 Å². The van der Waals surface area contributed by atoms with Gasteiger partial charge in [-0.15, -0.1) is 34.0 Å². The zero-order valence-corrected chi connectivity index (χ0v) is 83.0. The average Bonchev–Trinajstić information content (AvgIpc) is 1.54. The predicted octanol–water partition coefficient (Wildman–Crippen LogP) is 36.7. The van der Waals surface area contributed by atoms with Crippen LogP contribution in [0.1, 0.15) is 0 Å². The molecular weight excluding hydrogens is 1880 g/mol. The van der Waals surface area contributed by atoms with Crippen LogP contribution in [0.5, 0.6) is 0 Å². The fraction of sp³-hybridized carbons (Fsp3) is 0. The maximum absolute atomic E-state index is 5.08. The first kappa shape index (κ1) is 87.4. The van der Waals surface area contributed by atoms with Crippen molar-refractivity contribution in [3.05, 3.63) is 504 Å². The predicted molar refractivity (Wildman–Crippen MR) is 630 cm³/mol. The van der Waals surface area contributed by atoms with E-state index in [2.05, 4.69) is 384 Å². The molecule has 150 heavy (non-hydrogen) atoms. The van der Waals surface area contributed by atoms with Crippen molar-refractivity contribution in [1.29, 1.82) is 0 Å². The molecule has 0 atom stereocenters. The van der Waals surface area contributed by atoms with Crippen molar-refractivity contribution in [2.45, 2.75) is 0 Å². The molecule has 0 fully saturated rings. The van der Waals surface area contributed by atoms with Crippen molar-refractivity contribution in [3.8, 4) is 130 Å². The lowest BCUT2D eigenvalue weighted by Crippen LogP contribution is -2.00. The molecule has 0 aliphatic rings. The quantitative estimate of drug-likeness (QED) is 0.112. The normalized spacial score (nSPS) is 11.7. The third kappa shape index (κ3) is 14.9. The molecule has 0 bridgehead atoms. The van der Waals surface area contributed by atoms with Gasteiger partial charge in [0.2, 0.25) is 0 Å². The lowest BCUT2D eigenvalue weighted by atomic mass is 9.97. The topological polar surface area (TPSA) is 118 Å². The molecule has 0 unspecified atom stereocenters. The molecule has 31 rings (SSSR count). The van der Waals surface area contributed by atoms with Gasteiger partial charge in [-0.3, -0.25) is 0 Å². The van der Waals surface area contributed by atoms with Gasteiger partial charge in [0, 0.05) is 176 Å². The van der Waals surface area contributed by atoms with Gasteiger partial charge < -0.3 is 13.7 Å². The highest BCUT2D eigenvalue weighted by Gasteiger charge is 2.29. The van der Waals surface area contributed by atoms with Crippen molar-refractivity contribution >= 4 is 192 Å². The van der Waals surface area contributed by atoms with E-state index in [-0.39, 0.29) is 0 Å². The van der Waals surface area contributed by atoms with Crippen molar-refractivity contribution in [3.63, 3.8) is 0 Å². The van der Waals surface area contributed by atoms with Gasteiger partial charge in [-0.05, 0) is 136 Å². The van der Waals surface area contributed by atoms with Crippen molar-refractivity contribution in [2.75, 3.05) is 0 Å². The first-order chi connectivity index (χ1) is 74.4. The van der Waals surface area contributed by atoms with Gasteiger partial charge in [0.05, 0.1) is 44.5 Å². The summed E-state index contributed by atoms with van der Waals surface area (Å²) in [5, 5.41) is 23.2. The Hall–Kier alpha value is -19.2. The van der Waals surface area contributed by atoms with Crippen LogP contribution in [0, 0.1) is 0 Å². The summed E-state index contributed by atoms with van der Waals surface area (Å²) in [7, 11) is 0. The second-order valence-corrected chi connectivity index (χ2v) is 40.9. The number of hydrogen-bond acceptors (Lipinski definition) is 11. The molecule has 0 aliphatic heterocycles. The minimum atomic E-state index is 0.647. The van der Waals surface area contributed by atoms with E-state index in [4.69, 9.17) is 39.9 Å². The molecular formula is C136H83N11S3. The number of aromatic nitrogens is 11. The number of hydrogen-bond donors (Lipinski definition) is 0. The van der Waals surface area contributed by atoms with E-state index in [1.165, 1.54) is 158 Å². The number of nitrogens with zero attached hydrogens (tertiary/aromatic N) is 11. The zero-order chi connectivity index (χ0) is 98.8. The van der Waals surface area contributed by atoms with Crippen LogP contribution in [0.4, 0.5) is 0 Å². The Labute approximate surface area is 872 Å². The van der Waals surface area contributed by atoms with E-state index in [9.17, 15) is 0 Å². The Morgan fingerprint density at radius 2 is 0.367 bits per heavy atom. The average molecular weight is 1970 g/mol. The maximum atomic E-state index is 5.08. The van der Waals surface area contributed by atoms with Crippen LogP contribution < -0.4 is 0 Å². The van der Waals surface area contributed by atoms with E-state index in [1.807, 2.05) is 167 Å². The number of rotatable bonds is 13. The van der Waals surface area contributed by atoms with Crippen LogP contribution in [0.15, 0.2) is 504 Å². The molecule has 9 heterocycles. The molecule has 11 nitrogen and oxygen atoms in total. The van der Waals surface area contributed by atoms with Crippen molar-refractivity contribution in [2.24, 2.45) is 0 Å². The summed E-state index contributed by atoms with van der Waals surface area (Å²) in [5.41, 5.74) is 23.6. The second-order valence-electron chi connectivity index (χ2n) is 37.8. The van der Waals surface area contributed by atoms with Gasteiger partial charge in [0.15, 0.2) is 40.8 Å². The van der Waals surface area contributed by atoms with Gasteiger partial charge in [-0.25, -0.2) is 39.9 Å². The van der Waals surface area contributed by atoms with Crippen LogP contribution in [0.2, 0.25) is 0 Å². The van der Waals surface area contributed by atoms with E-state index in [1.54, 1.807) is 0 Å². The lowest BCUT2D eigenvalue weighted by molar-refractivity contribution is 1.07. The van der Waals surface area contributed by atoms with Crippen LogP contribution in [0.3, 0.4) is 0 Å². The Morgan fingerprint density at radius 3 is 0.700 bits per heavy atom. The number of thiophene rings is 3. The van der Waals surface area contributed by atoms with Gasteiger partial charge in [-0.2, -0.15) is 0 Å². The van der Waals surface area contributed by atoms with Gasteiger partial charge >= 0.3 is 0 Å². The summed E-state index contributed by atoms with van der Waals surface area (Å²) in [6, 6.07) is 178. The molecule has 0 spiro atoms. The first-order valence-corrected chi connectivity index (χ1v) is 52.8. The van der Waals surface area contributed by atoms with Crippen molar-refractivity contribution in [1.82, 2.24) is 53.6 Å². The highest BCUT2D eigenvalue weighted by atomic mass is 32.1. The summed E-state index contributed by atoms with van der Waals surface area (Å²) in [4.78, 5) is 39.7. The molecule has 0 aliphatic carbocycles. The molecule has 31 aromatic rings. The standard InChI is InChI=1S/C49H30N4S.C44H27N3S.C43H26N4S/c1-4-14-32(15-5-1)47-50-48(33-16-6-2-7-17-33)52-49(51-47)34-26-24-31(25-27-34)35-28-29-41-40(30-35)43-37-20-10-11-21-38(37)46-44(39-22-12-13-23-42(39)54-46)45(43)53(41)36-18-8-3-9-19-36;1-3-13-28(14-4-1)36-27-37(29-15-5-2-6-16-29)46-44(45-36)30-23-25-31(26-24-30)47-38-21-11-9-19-34(38)40-32-17-7-8-18-33(32)43-41(42(40)47)35-20-10-12-22-39(35)48-43;1-3-13-27(14-4-1)41-44-42(28-15-5-2-6-16-28)46-43(45-41)29-23-25-30(26-24-29)47-35-21-11-9-19-33(35)37-31-17-7-8-18-32(31)40-38(39(37)47)34-20-10-12-22-36(34)48-40/h1-30H;1-27H;1-26H. The summed E-state index contributed by atoms with van der Waals surface area (Å²) < 4.78 is 15.3. The highest BCUT2D eigenvalue weighted by Crippen LogP contribution is 2.53. The van der Waals surface area contributed by atoms with Crippen LogP contribution in [-0.4, -0.2) is 53.6 Å². The minimum absolute atomic E-state index is 0.647. The summed E-state index contributed by atoms with van der Waals surface area (Å²) >= 11 is 5.66. The highest BCUT2D eigenvalue weighted by molar-refractivity contribution is 7.28. The summed E-state index contributed by atoms with van der Waals surface area (Å²) in [6.45, 7) is 0. The largest absolute Gasteiger partial charge is 0.309 e. The molecule has 9 aromatic heterocycles. The van der Waals surface area contributed by atoms with Crippen LogP contribution >= 0.6 is 34.0 Å². The molecule has 0 N–H and O–H groups in total. The number of para-hydroxylation sites is 3. The number of fused-ring (bicyclic) bond motifs is 30. The molecule has 22 aromatic carbocycles. The fourth-order valence-corrected chi connectivity index (χ4v) is 26.0. The monoisotopic (exact) mass is 1970 g/mol. The molecule has 0 saturated heterocycles. The summed E-state index contributed by atoms with van der Waals surface area (Å²) in [5.74, 6) is 4.63. The zero-order valence-electron chi connectivity index (χ0n) is 80.6. The Bertz CT molecular complexity index is 10200. The second kappa shape index (κ2) is 36.5. The van der Waals surface area contributed by atoms with Crippen molar-refractivity contribution < 1.29 is 0 Å². The third-order valence-electron chi connectivity index (χ3n) is 29.1. The van der Waals surface area contributed by atoms with E-state index in [0.717, 1.165) is 89.6 Å². The molecule has 14 heteroatoms. The first-order valence-electron chi connectivity index (χ1n) is 50.3. The van der Waals surface area contributed by atoms with Crippen LogP contribution in [-0.2, 0) is 0 Å². The maximum Gasteiger partial charge on any atom is 0.164 e. The Morgan fingerprint density at radius 1 is 0.140 bits per heavy atom. The van der Waals surface area contributed by atoms with E-state index < -0.39 is 0 Å². The molecule has 0 amide bonds.